The van der Waals surface area contributed by atoms with E-state index >= 15 is 0 Å². The normalized spacial score (nSPS) is 10.9. The van der Waals surface area contributed by atoms with Crippen molar-refractivity contribution in [3.05, 3.63) is 64.2 Å². The zero-order valence-corrected chi connectivity index (χ0v) is 16.6. The lowest BCUT2D eigenvalue weighted by atomic mass is 10.1. The largest absolute Gasteiger partial charge is 0.489 e. The van der Waals surface area contributed by atoms with E-state index in [2.05, 4.69) is 43.4 Å². The molecule has 0 aliphatic heterocycles. The molecule has 2 rings (SSSR count). The molecular formula is C22H30ClNO2. The molecule has 26 heavy (non-hydrogen) atoms. The van der Waals surface area contributed by atoms with E-state index in [1.165, 1.54) is 12.0 Å². The monoisotopic (exact) mass is 375 g/mol. The van der Waals surface area contributed by atoms with E-state index in [1.807, 2.05) is 18.2 Å². The molecule has 0 spiro atoms. The van der Waals surface area contributed by atoms with Crippen LogP contribution in [0.15, 0.2) is 42.5 Å². The van der Waals surface area contributed by atoms with E-state index in [0.29, 0.717) is 6.61 Å². The van der Waals surface area contributed by atoms with Crippen LogP contribution in [-0.4, -0.2) is 19.8 Å². The Morgan fingerprint density at radius 2 is 1.77 bits per heavy atom. The summed E-state index contributed by atoms with van der Waals surface area (Å²) in [6.07, 6.45) is 3.32. The van der Waals surface area contributed by atoms with Gasteiger partial charge in [0.05, 0.1) is 0 Å². The Hall–Kier alpha value is -1.55. The van der Waals surface area contributed by atoms with Gasteiger partial charge >= 0.3 is 0 Å². The first kappa shape index (κ1) is 20.8. The summed E-state index contributed by atoms with van der Waals surface area (Å²) in [5.41, 5.74) is 3.49. The molecule has 0 bridgehead atoms. The lowest BCUT2D eigenvalue weighted by Crippen LogP contribution is -2.17. The zero-order valence-electron chi connectivity index (χ0n) is 15.9. The number of rotatable bonds is 12. The number of aryl methyl sites for hydroxylation is 1. The van der Waals surface area contributed by atoms with Crippen molar-refractivity contribution in [3.63, 3.8) is 0 Å². The molecule has 0 heterocycles. The predicted molar refractivity (Wildman–Crippen MR) is 109 cm³/mol. The summed E-state index contributed by atoms with van der Waals surface area (Å²) in [4.78, 5) is 0. The van der Waals surface area contributed by atoms with Crippen LogP contribution in [0.4, 0.5) is 0 Å². The summed E-state index contributed by atoms with van der Waals surface area (Å²) in [5.74, 6) is 0.877. The van der Waals surface area contributed by atoms with Gasteiger partial charge in [0, 0.05) is 30.3 Å². The second kappa shape index (κ2) is 11.9. The van der Waals surface area contributed by atoms with Crippen molar-refractivity contribution >= 4 is 11.6 Å². The second-order valence-corrected chi connectivity index (χ2v) is 6.96. The van der Waals surface area contributed by atoms with Gasteiger partial charge in [-0.3, -0.25) is 0 Å². The minimum atomic E-state index is 0.556. The van der Waals surface area contributed by atoms with Crippen LogP contribution in [0.1, 0.15) is 42.9 Å². The molecule has 0 unspecified atom stereocenters. The maximum Gasteiger partial charge on any atom is 0.124 e. The average molecular weight is 376 g/mol. The molecule has 2 aromatic carbocycles. The van der Waals surface area contributed by atoms with Crippen molar-refractivity contribution in [2.75, 3.05) is 19.8 Å². The first-order valence-electron chi connectivity index (χ1n) is 9.44. The standard InChI is InChI=1S/C22H30ClNO2/c1-3-4-13-25-14-5-12-24-16-20-15-21(23)10-11-22(20)26-17-19-8-6-18(2)7-9-19/h6-11,15,24H,3-5,12-14,16-17H2,1-2H3. The molecule has 4 heteroatoms. The van der Waals surface area contributed by atoms with Gasteiger partial charge < -0.3 is 14.8 Å². The van der Waals surface area contributed by atoms with Crippen molar-refractivity contribution in [2.45, 2.75) is 46.3 Å². The number of halogens is 1. The highest BCUT2D eigenvalue weighted by Gasteiger charge is 2.05. The van der Waals surface area contributed by atoms with Crippen LogP contribution in [0, 0.1) is 6.92 Å². The summed E-state index contributed by atoms with van der Waals surface area (Å²) < 4.78 is 11.6. The smallest absolute Gasteiger partial charge is 0.124 e. The molecule has 0 radical (unpaired) electrons. The molecule has 3 nitrogen and oxygen atoms in total. The van der Waals surface area contributed by atoms with Gasteiger partial charge in [0.15, 0.2) is 0 Å². The van der Waals surface area contributed by atoms with Crippen LogP contribution in [0.2, 0.25) is 5.02 Å². The van der Waals surface area contributed by atoms with Crippen molar-refractivity contribution in [2.24, 2.45) is 0 Å². The van der Waals surface area contributed by atoms with Crippen LogP contribution < -0.4 is 10.1 Å². The Kier molecular flexibility index (Phi) is 9.54. The number of hydrogen-bond donors (Lipinski definition) is 1. The Bertz CT molecular complexity index is 643. The average Bonchev–Trinajstić information content (AvgIpc) is 2.64. The molecule has 0 amide bonds. The molecule has 0 fully saturated rings. The van der Waals surface area contributed by atoms with Gasteiger partial charge in [-0.2, -0.15) is 0 Å². The van der Waals surface area contributed by atoms with Gasteiger partial charge in [0.1, 0.15) is 12.4 Å². The molecule has 0 saturated heterocycles. The predicted octanol–water partition coefficient (Wildman–Crippen LogP) is 5.52. The quantitative estimate of drug-likeness (QED) is 0.495. The molecule has 0 atom stereocenters. The summed E-state index contributed by atoms with van der Waals surface area (Å²) >= 11 is 6.16. The van der Waals surface area contributed by atoms with Gasteiger partial charge in [-0.15, -0.1) is 0 Å². The third-order valence-electron chi connectivity index (χ3n) is 4.14. The highest BCUT2D eigenvalue weighted by molar-refractivity contribution is 6.30. The number of unbranched alkanes of at least 4 members (excludes halogenated alkanes) is 1. The zero-order chi connectivity index (χ0) is 18.6. The van der Waals surface area contributed by atoms with Crippen molar-refractivity contribution in [3.8, 4) is 5.75 Å². The molecule has 0 aliphatic carbocycles. The molecule has 0 saturated carbocycles. The summed E-state index contributed by atoms with van der Waals surface area (Å²) in [6.45, 7) is 8.13. The third-order valence-corrected chi connectivity index (χ3v) is 4.37. The summed E-state index contributed by atoms with van der Waals surface area (Å²) in [5, 5.41) is 4.18. The number of hydrogen-bond acceptors (Lipinski definition) is 3. The van der Waals surface area contributed by atoms with Gasteiger partial charge in [-0.05, 0) is 50.1 Å². The van der Waals surface area contributed by atoms with Crippen LogP contribution >= 0.6 is 11.6 Å². The number of benzene rings is 2. The maximum atomic E-state index is 6.16. The first-order valence-corrected chi connectivity index (χ1v) is 9.82. The van der Waals surface area contributed by atoms with E-state index < -0.39 is 0 Å². The van der Waals surface area contributed by atoms with E-state index in [-0.39, 0.29) is 0 Å². The van der Waals surface area contributed by atoms with Crippen LogP contribution in [0.5, 0.6) is 5.75 Å². The second-order valence-electron chi connectivity index (χ2n) is 6.52. The Morgan fingerprint density at radius 3 is 2.54 bits per heavy atom. The van der Waals surface area contributed by atoms with Gasteiger partial charge in [0.25, 0.3) is 0 Å². The lowest BCUT2D eigenvalue weighted by Gasteiger charge is -2.13. The third kappa shape index (κ3) is 7.77. The molecule has 0 aliphatic rings. The molecule has 142 valence electrons. The number of ether oxygens (including phenoxy) is 2. The van der Waals surface area contributed by atoms with E-state index in [1.54, 1.807) is 0 Å². The molecule has 0 aromatic heterocycles. The highest BCUT2D eigenvalue weighted by atomic mass is 35.5. The van der Waals surface area contributed by atoms with Crippen LogP contribution in [0.3, 0.4) is 0 Å². The fraction of sp³-hybridized carbons (Fsp3) is 0.455. The SMILES string of the molecule is CCCCOCCCNCc1cc(Cl)ccc1OCc1ccc(C)cc1. The Morgan fingerprint density at radius 1 is 1.00 bits per heavy atom. The lowest BCUT2D eigenvalue weighted by molar-refractivity contribution is 0.128. The Labute approximate surface area is 162 Å². The van der Waals surface area contributed by atoms with E-state index in [0.717, 1.165) is 61.0 Å². The van der Waals surface area contributed by atoms with Crippen LogP contribution in [0.25, 0.3) is 0 Å². The van der Waals surface area contributed by atoms with E-state index in [4.69, 9.17) is 21.1 Å². The number of nitrogens with one attached hydrogen (secondary N) is 1. The fourth-order valence-corrected chi connectivity index (χ4v) is 2.74. The maximum absolute atomic E-state index is 6.16. The Balaban J connectivity index is 1.78. The van der Waals surface area contributed by atoms with Gasteiger partial charge in [0.2, 0.25) is 0 Å². The van der Waals surface area contributed by atoms with Gasteiger partial charge in [-0.1, -0.05) is 54.8 Å². The highest BCUT2D eigenvalue weighted by Crippen LogP contribution is 2.24. The topological polar surface area (TPSA) is 30.5 Å². The molecular weight excluding hydrogens is 346 g/mol. The first-order chi connectivity index (χ1) is 12.7. The van der Waals surface area contributed by atoms with E-state index in [9.17, 15) is 0 Å². The molecule has 1 N–H and O–H groups in total. The minimum absolute atomic E-state index is 0.556. The minimum Gasteiger partial charge on any atom is -0.489 e. The summed E-state index contributed by atoms with van der Waals surface area (Å²) in [7, 11) is 0. The van der Waals surface area contributed by atoms with Gasteiger partial charge in [-0.25, -0.2) is 0 Å². The molecule has 2 aromatic rings. The fourth-order valence-electron chi connectivity index (χ4n) is 2.54. The van der Waals surface area contributed by atoms with Crippen LogP contribution in [-0.2, 0) is 17.9 Å². The van der Waals surface area contributed by atoms with Crippen molar-refractivity contribution in [1.82, 2.24) is 5.32 Å². The van der Waals surface area contributed by atoms with Crippen molar-refractivity contribution in [1.29, 1.82) is 0 Å². The summed E-state index contributed by atoms with van der Waals surface area (Å²) in [6, 6.07) is 14.2. The van der Waals surface area contributed by atoms with Crippen molar-refractivity contribution < 1.29 is 9.47 Å².